The van der Waals surface area contributed by atoms with Gasteiger partial charge in [0.05, 0.1) is 0 Å². The molecule has 4 nitrogen and oxygen atoms in total. The van der Waals surface area contributed by atoms with Crippen LogP contribution in [0, 0.1) is 0 Å². The lowest BCUT2D eigenvalue weighted by Crippen LogP contribution is -2.29. The molecule has 6 heavy (non-hydrogen) atoms. The van der Waals surface area contributed by atoms with Gasteiger partial charge in [-0.1, -0.05) is 0 Å². The second-order valence-electron chi connectivity index (χ2n) is 0.778. The van der Waals surface area contributed by atoms with E-state index in [1.54, 1.807) is 0 Å². The zero-order valence-corrected chi connectivity index (χ0v) is 5.25. The normalized spacial score (nSPS) is 12.5. The maximum Gasteiger partial charge on any atom is 0.394 e. The average Bonchev–Trinajstić information content (AvgIpc) is 1.35. The molecular weight excluding hydrogens is 104 g/mol. The van der Waals surface area contributed by atoms with Gasteiger partial charge in [-0.2, -0.15) is 0 Å². The van der Waals surface area contributed by atoms with E-state index >= 15 is 0 Å². The maximum absolute atomic E-state index is 7.75. The fourth-order valence-corrected chi connectivity index (χ4v) is 0. The van der Waals surface area contributed by atoms with Crippen molar-refractivity contribution in [3.63, 3.8) is 0 Å². The zero-order chi connectivity index (χ0) is 5.21. The van der Waals surface area contributed by atoms with Crippen LogP contribution in [0.25, 0.3) is 0 Å². The van der Waals surface area contributed by atoms with E-state index in [2.05, 4.69) is 4.43 Å². The third kappa shape index (κ3) is 4.06. The summed E-state index contributed by atoms with van der Waals surface area (Å²) in [4.78, 5) is 0. The van der Waals surface area contributed by atoms with E-state index in [1.165, 1.54) is 0 Å². The topological polar surface area (TPSA) is 69.9 Å². The van der Waals surface area contributed by atoms with E-state index in [0.717, 1.165) is 0 Å². The Labute approximate surface area is 37.5 Å². The molecule has 0 heterocycles. The largest absolute Gasteiger partial charge is 0.394 e. The van der Waals surface area contributed by atoms with Crippen LogP contribution >= 0.6 is 0 Å². The van der Waals surface area contributed by atoms with Crippen molar-refractivity contribution in [3.8, 4) is 0 Å². The molecule has 0 aliphatic rings. The molecule has 0 saturated carbocycles. The molecule has 0 spiro atoms. The Bertz CT molecular complexity index is 37.3. The summed E-state index contributed by atoms with van der Waals surface area (Å²) in [5, 5.41) is 23.2. The molecular formula is CH6O4Si. The fraction of sp³-hybridized carbons (Fsp3) is 1.00. The lowest BCUT2D eigenvalue weighted by atomic mass is 11.2. The standard InChI is InChI=1S/CH6O4Si/c2-1(3,4)5-6/h2-4H,6H3. The summed E-state index contributed by atoms with van der Waals surface area (Å²) in [5.41, 5.74) is 0. The van der Waals surface area contributed by atoms with Gasteiger partial charge in [-0.15, -0.1) is 0 Å². The summed E-state index contributed by atoms with van der Waals surface area (Å²) < 4.78 is 3.74. The van der Waals surface area contributed by atoms with E-state index < -0.39 is 6.16 Å². The van der Waals surface area contributed by atoms with E-state index in [9.17, 15) is 0 Å². The SMILES string of the molecule is OC(O)(O)O[SiH3]. The van der Waals surface area contributed by atoms with Crippen LogP contribution in [0.2, 0.25) is 0 Å². The summed E-state index contributed by atoms with van der Waals surface area (Å²) >= 11 is 0. The summed E-state index contributed by atoms with van der Waals surface area (Å²) in [7, 11) is 0.0980. The van der Waals surface area contributed by atoms with Crippen LogP contribution in [0.3, 0.4) is 0 Å². The third-order valence-electron chi connectivity index (χ3n) is 0.274. The van der Waals surface area contributed by atoms with E-state index in [1.807, 2.05) is 0 Å². The van der Waals surface area contributed by atoms with Crippen LogP contribution < -0.4 is 0 Å². The second kappa shape index (κ2) is 1.67. The van der Waals surface area contributed by atoms with Crippen molar-refractivity contribution < 1.29 is 19.7 Å². The molecule has 0 amide bonds. The number of hydrogen-bond acceptors (Lipinski definition) is 4. The minimum absolute atomic E-state index is 0.0980. The van der Waals surface area contributed by atoms with Crippen LogP contribution in [0.4, 0.5) is 0 Å². The number of hydrogen-bond donors (Lipinski definition) is 3. The lowest BCUT2D eigenvalue weighted by Gasteiger charge is -2.08. The summed E-state index contributed by atoms with van der Waals surface area (Å²) in [6.07, 6.45) is -2.90. The summed E-state index contributed by atoms with van der Waals surface area (Å²) in [5.74, 6) is 0. The lowest BCUT2D eigenvalue weighted by molar-refractivity contribution is -0.420. The van der Waals surface area contributed by atoms with Crippen molar-refractivity contribution in [2.75, 3.05) is 0 Å². The van der Waals surface area contributed by atoms with E-state index in [4.69, 9.17) is 15.3 Å². The van der Waals surface area contributed by atoms with Gasteiger partial charge in [0.15, 0.2) is 10.5 Å². The highest BCUT2D eigenvalue weighted by Crippen LogP contribution is 1.86. The van der Waals surface area contributed by atoms with Gasteiger partial charge in [-0.3, -0.25) is 0 Å². The van der Waals surface area contributed by atoms with Gasteiger partial charge in [-0.25, -0.2) is 0 Å². The smallest absolute Gasteiger partial charge is 0.357 e. The van der Waals surface area contributed by atoms with Crippen molar-refractivity contribution in [1.29, 1.82) is 0 Å². The molecule has 0 aliphatic heterocycles. The highest BCUT2D eigenvalue weighted by Gasteiger charge is 2.13. The van der Waals surface area contributed by atoms with Crippen molar-refractivity contribution in [2.24, 2.45) is 0 Å². The molecule has 3 N–H and O–H groups in total. The fourth-order valence-electron chi connectivity index (χ4n) is 0. The molecule has 38 valence electrons. The minimum Gasteiger partial charge on any atom is -0.357 e. The molecule has 0 saturated heterocycles. The van der Waals surface area contributed by atoms with E-state index in [0.29, 0.717) is 0 Å². The Kier molecular flexibility index (Phi) is 1.69. The molecule has 0 rings (SSSR count). The average molecular weight is 110 g/mol. The highest BCUT2D eigenvalue weighted by atomic mass is 28.2. The highest BCUT2D eigenvalue weighted by molar-refractivity contribution is 5.98. The first-order valence-electron chi connectivity index (χ1n) is 1.28. The molecule has 0 aliphatic carbocycles. The maximum atomic E-state index is 7.75. The van der Waals surface area contributed by atoms with Crippen molar-refractivity contribution >= 4 is 10.5 Å². The Morgan fingerprint density at radius 1 is 1.33 bits per heavy atom. The van der Waals surface area contributed by atoms with Gasteiger partial charge in [0.2, 0.25) is 0 Å². The van der Waals surface area contributed by atoms with Gasteiger partial charge < -0.3 is 19.7 Å². The van der Waals surface area contributed by atoms with E-state index in [-0.39, 0.29) is 10.5 Å². The van der Waals surface area contributed by atoms with Crippen LogP contribution in [0.1, 0.15) is 0 Å². The predicted molar refractivity (Wildman–Crippen MR) is 20.4 cm³/mol. The molecule has 0 atom stereocenters. The van der Waals surface area contributed by atoms with Crippen LogP contribution in [-0.2, 0) is 4.43 Å². The van der Waals surface area contributed by atoms with Crippen LogP contribution in [-0.4, -0.2) is 32.0 Å². The van der Waals surface area contributed by atoms with Crippen LogP contribution in [0.15, 0.2) is 0 Å². The summed E-state index contributed by atoms with van der Waals surface area (Å²) in [6.45, 7) is 0. The van der Waals surface area contributed by atoms with Crippen molar-refractivity contribution in [2.45, 2.75) is 6.16 Å². The molecule has 0 unspecified atom stereocenters. The Hall–Kier alpha value is 0.0569. The molecule has 0 bridgehead atoms. The van der Waals surface area contributed by atoms with Gasteiger partial charge in [0, 0.05) is 0 Å². The first-order chi connectivity index (χ1) is 2.56. The number of rotatable bonds is 1. The first kappa shape index (κ1) is 6.06. The molecule has 0 aromatic carbocycles. The van der Waals surface area contributed by atoms with Gasteiger partial charge in [0.25, 0.3) is 0 Å². The summed E-state index contributed by atoms with van der Waals surface area (Å²) in [6, 6.07) is 0. The molecule has 5 heteroatoms. The van der Waals surface area contributed by atoms with Gasteiger partial charge >= 0.3 is 6.16 Å². The van der Waals surface area contributed by atoms with Crippen molar-refractivity contribution in [1.82, 2.24) is 0 Å². The van der Waals surface area contributed by atoms with Gasteiger partial charge in [0.1, 0.15) is 0 Å². The van der Waals surface area contributed by atoms with Crippen molar-refractivity contribution in [3.05, 3.63) is 0 Å². The first-order valence-corrected chi connectivity index (χ1v) is 2.10. The Balaban J connectivity index is 3.17. The van der Waals surface area contributed by atoms with Gasteiger partial charge in [-0.05, 0) is 0 Å². The third-order valence-corrected chi connectivity index (χ3v) is 0.822. The van der Waals surface area contributed by atoms with Crippen LogP contribution in [0.5, 0.6) is 0 Å². The minimum atomic E-state index is -2.90. The molecule has 0 aromatic rings. The Morgan fingerprint density at radius 3 is 1.50 bits per heavy atom. The molecule has 0 aromatic heterocycles. The molecule has 0 fully saturated rings. The number of aliphatic hydroxyl groups is 3. The molecule has 0 radical (unpaired) electrons. The predicted octanol–water partition coefficient (Wildman–Crippen LogP) is -3.13. The zero-order valence-electron chi connectivity index (χ0n) is 3.25. The monoisotopic (exact) mass is 110 g/mol. The Morgan fingerprint density at radius 2 is 1.50 bits per heavy atom. The second-order valence-corrected chi connectivity index (χ2v) is 1.19. The quantitative estimate of drug-likeness (QED) is 0.246.